The van der Waals surface area contributed by atoms with E-state index in [1.807, 2.05) is 54.6 Å². The second kappa shape index (κ2) is 9.49. The van der Waals surface area contributed by atoms with E-state index in [1.54, 1.807) is 11.3 Å². The Balaban J connectivity index is 1.47. The molecule has 5 aromatic carbocycles. The maximum absolute atomic E-state index is 6.61. The Morgan fingerprint density at radius 1 is 0.474 bits per heavy atom. The predicted molar refractivity (Wildman–Crippen MR) is 159 cm³/mol. The Morgan fingerprint density at radius 3 is 1.95 bits per heavy atom. The van der Waals surface area contributed by atoms with Crippen LogP contribution >= 0.6 is 22.9 Å². The lowest BCUT2D eigenvalue weighted by molar-refractivity contribution is 1.08. The number of hydrogen-bond acceptors (Lipinski definition) is 4. The van der Waals surface area contributed by atoms with E-state index in [9.17, 15) is 0 Å². The van der Waals surface area contributed by atoms with Gasteiger partial charge in [-0.2, -0.15) is 0 Å². The molecule has 0 aliphatic rings. The van der Waals surface area contributed by atoms with Gasteiger partial charge in [0.05, 0.1) is 5.02 Å². The Bertz CT molecular complexity index is 1950. The van der Waals surface area contributed by atoms with E-state index in [4.69, 9.17) is 26.6 Å². The van der Waals surface area contributed by atoms with Crippen LogP contribution in [-0.2, 0) is 0 Å². The SMILES string of the molecule is Clc1ccccc1-c1nc(-c2cccc(-c3ccccc3)c2)nc(-c2cccc3c2sc2ccccc23)n1. The number of benzene rings is 5. The molecule has 7 aromatic rings. The molecule has 0 bridgehead atoms. The quantitative estimate of drug-likeness (QED) is 0.229. The van der Waals surface area contributed by atoms with Gasteiger partial charge in [0.1, 0.15) is 0 Å². The van der Waals surface area contributed by atoms with E-state index in [0.717, 1.165) is 32.5 Å². The summed E-state index contributed by atoms with van der Waals surface area (Å²) >= 11 is 8.37. The molecule has 2 aromatic heterocycles. The van der Waals surface area contributed by atoms with Gasteiger partial charge in [0.15, 0.2) is 17.5 Å². The van der Waals surface area contributed by atoms with Crippen LogP contribution in [0.2, 0.25) is 5.02 Å². The Hall–Kier alpha value is -4.38. The van der Waals surface area contributed by atoms with Crippen LogP contribution in [0, 0.1) is 0 Å². The molecule has 0 fully saturated rings. The van der Waals surface area contributed by atoms with Crippen molar-refractivity contribution in [2.24, 2.45) is 0 Å². The zero-order valence-electron chi connectivity index (χ0n) is 20.2. The highest BCUT2D eigenvalue weighted by molar-refractivity contribution is 7.26. The van der Waals surface area contributed by atoms with E-state index in [-0.39, 0.29) is 0 Å². The van der Waals surface area contributed by atoms with Gasteiger partial charge in [0.2, 0.25) is 0 Å². The number of aromatic nitrogens is 3. The first-order valence-electron chi connectivity index (χ1n) is 12.3. The molecule has 0 spiro atoms. The molecule has 0 aliphatic heterocycles. The fourth-order valence-electron chi connectivity index (χ4n) is 4.78. The standard InChI is InChI=1S/C33H20ClN3S/c34-28-18-6-4-15-26(28)32-35-31(23-13-8-12-22(20-23)21-10-2-1-3-11-21)36-33(37-32)27-17-9-16-25-24-14-5-7-19-29(24)38-30(25)27/h1-20H. The van der Waals surface area contributed by atoms with Gasteiger partial charge in [-0.3, -0.25) is 0 Å². The monoisotopic (exact) mass is 525 g/mol. The van der Waals surface area contributed by atoms with Crippen molar-refractivity contribution in [2.75, 3.05) is 0 Å². The minimum Gasteiger partial charge on any atom is -0.208 e. The molecule has 2 heterocycles. The van der Waals surface area contributed by atoms with Crippen LogP contribution in [0.3, 0.4) is 0 Å². The third-order valence-electron chi connectivity index (χ3n) is 6.62. The van der Waals surface area contributed by atoms with Crippen LogP contribution in [0.25, 0.3) is 65.5 Å². The Labute approximate surface area is 229 Å². The normalized spacial score (nSPS) is 11.3. The van der Waals surface area contributed by atoms with Gasteiger partial charge in [0, 0.05) is 36.9 Å². The van der Waals surface area contributed by atoms with Gasteiger partial charge >= 0.3 is 0 Å². The number of fused-ring (bicyclic) bond motifs is 3. The lowest BCUT2D eigenvalue weighted by Crippen LogP contribution is -2.00. The van der Waals surface area contributed by atoms with Crippen molar-refractivity contribution in [1.82, 2.24) is 15.0 Å². The lowest BCUT2D eigenvalue weighted by atomic mass is 10.0. The van der Waals surface area contributed by atoms with E-state index in [1.165, 1.54) is 15.5 Å². The molecule has 0 N–H and O–H groups in total. The number of rotatable bonds is 4. The number of nitrogens with zero attached hydrogens (tertiary/aromatic N) is 3. The van der Waals surface area contributed by atoms with Crippen molar-refractivity contribution < 1.29 is 0 Å². The highest BCUT2D eigenvalue weighted by Crippen LogP contribution is 2.40. The van der Waals surface area contributed by atoms with Crippen LogP contribution in [0.4, 0.5) is 0 Å². The van der Waals surface area contributed by atoms with Gasteiger partial charge < -0.3 is 0 Å². The average Bonchev–Trinajstić information content (AvgIpc) is 3.37. The first-order chi connectivity index (χ1) is 18.7. The van der Waals surface area contributed by atoms with Crippen molar-refractivity contribution in [3.8, 4) is 45.3 Å². The summed E-state index contributed by atoms with van der Waals surface area (Å²) in [4.78, 5) is 14.9. The summed E-state index contributed by atoms with van der Waals surface area (Å²) in [7, 11) is 0. The predicted octanol–water partition coefficient (Wildman–Crippen LogP) is 9.56. The summed E-state index contributed by atoms with van der Waals surface area (Å²) in [5, 5.41) is 3.05. The maximum atomic E-state index is 6.61. The van der Waals surface area contributed by atoms with Gasteiger partial charge in [-0.25, -0.2) is 15.0 Å². The minimum absolute atomic E-state index is 0.554. The molecule has 0 saturated heterocycles. The lowest BCUT2D eigenvalue weighted by Gasteiger charge is -2.11. The summed E-state index contributed by atoms with van der Waals surface area (Å²) in [6.45, 7) is 0. The molecule has 0 aliphatic carbocycles. The Kier molecular flexibility index (Phi) is 5.69. The molecule has 5 heteroatoms. The van der Waals surface area contributed by atoms with Gasteiger partial charge in [-0.1, -0.05) is 103 Å². The van der Waals surface area contributed by atoms with Crippen molar-refractivity contribution >= 4 is 43.1 Å². The number of hydrogen-bond donors (Lipinski definition) is 0. The number of thiophene rings is 1. The van der Waals surface area contributed by atoms with Crippen LogP contribution in [0.15, 0.2) is 121 Å². The highest BCUT2D eigenvalue weighted by atomic mass is 35.5. The van der Waals surface area contributed by atoms with Gasteiger partial charge in [-0.05, 0) is 41.5 Å². The first-order valence-corrected chi connectivity index (χ1v) is 13.5. The first kappa shape index (κ1) is 22.8. The molecule has 38 heavy (non-hydrogen) atoms. The molecular weight excluding hydrogens is 506 g/mol. The average molecular weight is 526 g/mol. The van der Waals surface area contributed by atoms with E-state index in [0.29, 0.717) is 22.5 Å². The van der Waals surface area contributed by atoms with E-state index < -0.39 is 0 Å². The summed E-state index contributed by atoms with van der Waals surface area (Å²) in [6.07, 6.45) is 0. The van der Waals surface area contributed by atoms with Crippen LogP contribution in [-0.4, -0.2) is 15.0 Å². The molecule has 0 atom stereocenters. The third kappa shape index (κ3) is 4.04. The largest absolute Gasteiger partial charge is 0.208 e. The molecule has 0 amide bonds. The molecule has 0 unspecified atom stereocenters. The smallest absolute Gasteiger partial charge is 0.165 e. The second-order valence-electron chi connectivity index (χ2n) is 9.01. The summed E-state index contributed by atoms with van der Waals surface area (Å²) in [6, 6.07) is 41.1. The van der Waals surface area contributed by atoms with Gasteiger partial charge in [0.25, 0.3) is 0 Å². The van der Waals surface area contributed by atoms with E-state index in [2.05, 4.69) is 66.7 Å². The zero-order chi connectivity index (χ0) is 25.5. The zero-order valence-corrected chi connectivity index (χ0v) is 21.7. The van der Waals surface area contributed by atoms with Crippen molar-refractivity contribution in [2.45, 2.75) is 0 Å². The molecule has 7 rings (SSSR count). The van der Waals surface area contributed by atoms with Crippen LogP contribution in [0.1, 0.15) is 0 Å². The summed E-state index contributed by atoms with van der Waals surface area (Å²) < 4.78 is 2.40. The summed E-state index contributed by atoms with van der Waals surface area (Å²) in [5.74, 6) is 1.80. The fourth-order valence-corrected chi connectivity index (χ4v) is 6.21. The minimum atomic E-state index is 0.554. The van der Waals surface area contributed by atoms with Gasteiger partial charge in [-0.15, -0.1) is 11.3 Å². The summed E-state index contributed by atoms with van der Waals surface area (Å²) in [5.41, 5.74) is 4.94. The van der Waals surface area contributed by atoms with Crippen LogP contribution in [0.5, 0.6) is 0 Å². The maximum Gasteiger partial charge on any atom is 0.165 e. The van der Waals surface area contributed by atoms with Crippen molar-refractivity contribution in [3.05, 3.63) is 126 Å². The molecule has 0 saturated carbocycles. The molecular formula is C33H20ClN3S. The van der Waals surface area contributed by atoms with Crippen molar-refractivity contribution in [3.63, 3.8) is 0 Å². The van der Waals surface area contributed by atoms with Crippen molar-refractivity contribution in [1.29, 1.82) is 0 Å². The second-order valence-corrected chi connectivity index (χ2v) is 10.5. The topological polar surface area (TPSA) is 38.7 Å². The third-order valence-corrected chi connectivity index (χ3v) is 8.17. The molecule has 180 valence electrons. The number of halogens is 1. The van der Waals surface area contributed by atoms with E-state index >= 15 is 0 Å². The highest BCUT2D eigenvalue weighted by Gasteiger charge is 2.17. The molecule has 0 radical (unpaired) electrons. The molecule has 3 nitrogen and oxygen atoms in total. The Morgan fingerprint density at radius 2 is 1.08 bits per heavy atom. The van der Waals surface area contributed by atoms with Crippen LogP contribution < -0.4 is 0 Å². The fraction of sp³-hybridized carbons (Fsp3) is 0.